The Bertz CT molecular complexity index is 394. The Morgan fingerprint density at radius 2 is 2.31 bits per heavy atom. The molecule has 0 N–H and O–H groups in total. The van der Waals surface area contributed by atoms with Crippen LogP contribution in [0, 0.1) is 10.1 Å². The van der Waals surface area contributed by atoms with Crippen molar-refractivity contribution < 1.29 is 9.72 Å². The van der Waals surface area contributed by atoms with Crippen LogP contribution in [0.15, 0.2) is 12.1 Å². The second-order valence-corrected chi connectivity index (χ2v) is 5.02. The molecule has 0 bridgehead atoms. The van der Waals surface area contributed by atoms with Gasteiger partial charge in [-0.15, -0.1) is 0 Å². The lowest BCUT2D eigenvalue weighted by Crippen LogP contribution is -2.27. The molecule has 0 unspecified atom stereocenters. The van der Waals surface area contributed by atoms with Gasteiger partial charge in [-0.1, -0.05) is 27.3 Å². The lowest BCUT2D eigenvalue weighted by molar-refractivity contribution is -0.380. The topological polar surface area (TPSA) is 63.5 Å². The molecular weight excluding hydrogens is 296 g/mol. The van der Waals surface area contributed by atoms with Crippen molar-refractivity contribution in [3.05, 3.63) is 27.1 Å². The first-order valence-electron chi connectivity index (χ1n) is 4.62. The van der Waals surface area contributed by atoms with Crippen LogP contribution in [0.3, 0.4) is 0 Å². The Labute approximate surface area is 105 Å². The maximum absolute atomic E-state index is 11.8. The molecule has 5 nitrogen and oxygen atoms in total. The summed E-state index contributed by atoms with van der Waals surface area (Å²) in [5, 5.41) is 11.3. The average Bonchev–Trinajstić information content (AvgIpc) is 2.74. The number of carbonyl (C=O) groups is 1. The zero-order valence-electron chi connectivity index (χ0n) is 8.68. The van der Waals surface area contributed by atoms with Gasteiger partial charge in [-0.05, 0) is 12.5 Å². The van der Waals surface area contributed by atoms with E-state index >= 15 is 0 Å². The molecule has 16 heavy (non-hydrogen) atoms. The van der Waals surface area contributed by atoms with E-state index < -0.39 is 4.92 Å². The third-order valence-electron chi connectivity index (χ3n) is 1.96. The minimum absolute atomic E-state index is 0.00255. The molecule has 0 fully saturated rings. The van der Waals surface area contributed by atoms with E-state index in [1.54, 1.807) is 11.9 Å². The minimum Gasteiger partial charge on any atom is -0.341 e. The fraction of sp³-hybridized carbons (Fsp3) is 0.444. The van der Waals surface area contributed by atoms with Gasteiger partial charge < -0.3 is 4.90 Å². The maximum Gasteiger partial charge on any atom is 0.324 e. The van der Waals surface area contributed by atoms with E-state index in [2.05, 4.69) is 15.9 Å². The summed E-state index contributed by atoms with van der Waals surface area (Å²) < 4.78 is 0. The number of rotatable bonds is 5. The summed E-state index contributed by atoms with van der Waals surface area (Å²) in [4.78, 5) is 23.7. The number of thiophene rings is 1. The van der Waals surface area contributed by atoms with Gasteiger partial charge in [-0.25, -0.2) is 0 Å². The molecule has 1 rings (SSSR count). The van der Waals surface area contributed by atoms with E-state index in [9.17, 15) is 14.9 Å². The van der Waals surface area contributed by atoms with Crippen molar-refractivity contribution in [2.75, 3.05) is 18.9 Å². The Kier molecular flexibility index (Phi) is 4.88. The molecule has 1 aromatic heterocycles. The molecule has 7 heteroatoms. The number of hydrogen-bond donors (Lipinski definition) is 0. The summed E-state index contributed by atoms with van der Waals surface area (Å²) in [5.41, 5.74) is 0. The summed E-state index contributed by atoms with van der Waals surface area (Å²) in [6.07, 6.45) is 0.857. The van der Waals surface area contributed by atoms with Gasteiger partial charge in [0.25, 0.3) is 5.91 Å². The molecule has 0 saturated carbocycles. The van der Waals surface area contributed by atoms with Crippen molar-refractivity contribution in [2.45, 2.75) is 6.42 Å². The zero-order chi connectivity index (χ0) is 12.1. The number of hydrogen-bond acceptors (Lipinski definition) is 4. The Morgan fingerprint density at radius 3 is 2.81 bits per heavy atom. The third-order valence-corrected chi connectivity index (χ3v) is 3.54. The molecule has 0 aromatic carbocycles. The van der Waals surface area contributed by atoms with Crippen molar-refractivity contribution in [1.82, 2.24) is 4.90 Å². The fourth-order valence-electron chi connectivity index (χ4n) is 1.13. The zero-order valence-corrected chi connectivity index (χ0v) is 11.1. The summed E-state index contributed by atoms with van der Waals surface area (Å²) in [6, 6.07) is 2.85. The molecule has 0 aliphatic rings. The highest BCUT2D eigenvalue weighted by Crippen LogP contribution is 2.24. The Hall–Kier alpha value is -0.950. The summed E-state index contributed by atoms with van der Waals surface area (Å²) in [5.74, 6) is -0.168. The highest BCUT2D eigenvalue weighted by atomic mass is 79.9. The molecular formula is C9H11BrN2O3S. The number of nitro groups is 1. The standard InChI is InChI=1S/C9H11BrN2O3S/c1-11(6-2-5-10)9(13)7-3-4-8(16-7)12(14)15/h3-4H,2,5-6H2,1H3. The van der Waals surface area contributed by atoms with Crippen LogP contribution in [-0.2, 0) is 0 Å². The molecule has 1 heterocycles. The SMILES string of the molecule is CN(CCCBr)C(=O)c1ccc([N+](=O)[O-])s1. The van der Waals surface area contributed by atoms with Crippen LogP contribution >= 0.6 is 27.3 Å². The summed E-state index contributed by atoms with van der Waals surface area (Å²) >= 11 is 4.19. The third kappa shape index (κ3) is 3.28. The van der Waals surface area contributed by atoms with Gasteiger partial charge in [-0.3, -0.25) is 14.9 Å². The normalized spacial score (nSPS) is 10.1. The predicted molar refractivity (Wildman–Crippen MR) is 66.3 cm³/mol. The molecule has 0 aliphatic heterocycles. The number of nitrogens with zero attached hydrogens (tertiary/aromatic N) is 2. The van der Waals surface area contributed by atoms with E-state index in [0.29, 0.717) is 11.4 Å². The first-order valence-corrected chi connectivity index (χ1v) is 6.55. The van der Waals surface area contributed by atoms with Crippen molar-refractivity contribution in [1.29, 1.82) is 0 Å². The molecule has 0 aliphatic carbocycles. The van der Waals surface area contributed by atoms with Crippen LogP contribution in [0.1, 0.15) is 16.1 Å². The van der Waals surface area contributed by atoms with Crippen molar-refractivity contribution >= 4 is 38.2 Å². The fourth-order valence-corrected chi connectivity index (χ4v) is 2.19. The van der Waals surface area contributed by atoms with Crippen molar-refractivity contribution in [2.24, 2.45) is 0 Å². The highest BCUT2D eigenvalue weighted by Gasteiger charge is 2.17. The van der Waals surface area contributed by atoms with Crippen molar-refractivity contribution in [3.63, 3.8) is 0 Å². The van der Waals surface area contributed by atoms with Crippen LogP contribution in [-0.4, -0.2) is 34.7 Å². The summed E-state index contributed by atoms with van der Waals surface area (Å²) in [7, 11) is 1.69. The molecule has 1 amide bonds. The molecule has 0 radical (unpaired) electrons. The van der Waals surface area contributed by atoms with Gasteiger partial charge in [0.2, 0.25) is 0 Å². The smallest absolute Gasteiger partial charge is 0.324 e. The quantitative estimate of drug-likeness (QED) is 0.477. The Morgan fingerprint density at radius 1 is 1.62 bits per heavy atom. The van der Waals surface area contributed by atoms with Crippen LogP contribution in [0.2, 0.25) is 0 Å². The van der Waals surface area contributed by atoms with Gasteiger partial charge in [0.1, 0.15) is 0 Å². The van der Waals surface area contributed by atoms with Crippen molar-refractivity contribution in [3.8, 4) is 0 Å². The molecule has 0 atom stereocenters. The Balaban J connectivity index is 2.68. The molecule has 1 aromatic rings. The first-order chi connectivity index (χ1) is 7.56. The largest absolute Gasteiger partial charge is 0.341 e. The van der Waals surface area contributed by atoms with Gasteiger partial charge in [-0.2, -0.15) is 0 Å². The van der Waals surface area contributed by atoms with Crippen LogP contribution < -0.4 is 0 Å². The molecule has 88 valence electrons. The second kappa shape index (κ2) is 5.95. The van der Waals surface area contributed by atoms with Gasteiger partial charge in [0.05, 0.1) is 9.80 Å². The first kappa shape index (κ1) is 13.1. The van der Waals surface area contributed by atoms with Crippen LogP contribution in [0.5, 0.6) is 0 Å². The number of halogens is 1. The summed E-state index contributed by atoms with van der Waals surface area (Å²) in [6.45, 7) is 0.635. The van der Waals surface area contributed by atoms with Gasteiger partial charge >= 0.3 is 5.00 Å². The molecule has 0 spiro atoms. The average molecular weight is 307 g/mol. The minimum atomic E-state index is -0.486. The second-order valence-electron chi connectivity index (χ2n) is 3.16. The van der Waals surface area contributed by atoms with Crippen LogP contribution in [0.4, 0.5) is 5.00 Å². The molecule has 0 saturated heterocycles. The lowest BCUT2D eigenvalue weighted by Gasteiger charge is -2.14. The van der Waals surface area contributed by atoms with Gasteiger partial charge in [0, 0.05) is 25.0 Å². The van der Waals surface area contributed by atoms with E-state index in [1.165, 1.54) is 12.1 Å². The van der Waals surface area contributed by atoms with E-state index in [-0.39, 0.29) is 10.9 Å². The van der Waals surface area contributed by atoms with Gasteiger partial charge in [0.15, 0.2) is 0 Å². The predicted octanol–water partition coefficient (Wildman–Crippen LogP) is 2.51. The highest BCUT2D eigenvalue weighted by molar-refractivity contribution is 9.09. The monoisotopic (exact) mass is 306 g/mol. The van der Waals surface area contributed by atoms with E-state index in [4.69, 9.17) is 0 Å². The number of carbonyl (C=O) groups excluding carboxylic acids is 1. The number of amides is 1. The van der Waals surface area contributed by atoms with Crippen LogP contribution in [0.25, 0.3) is 0 Å². The van der Waals surface area contributed by atoms with E-state index in [0.717, 1.165) is 23.1 Å². The van der Waals surface area contributed by atoms with E-state index in [1.807, 2.05) is 0 Å². The lowest BCUT2D eigenvalue weighted by atomic mass is 10.4. The maximum atomic E-state index is 11.8. The number of alkyl halides is 1.